The first kappa shape index (κ1) is 21.7. The van der Waals surface area contributed by atoms with Gasteiger partial charge in [-0.2, -0.15) is 0 Å². The Kier molecular flexibility index (Phi) is 6.58. The van der Waals surface area contributed by atoms with E-state index in [1.807, 2.05) is 48.4 Å². The SMILES string of the molecule is Cc1nc([C@@H]2CCCN2C(=O)CCCn2ccnc2C)ncc1C(=O)Nc1ccccc1. The van der Waals surface area contributed by atoms with Gasteiger partial charge in [-0.1, -0.05) is 18.2 Å². The summed E-state index contributed by atoms with van der Waals surface area (Å²) in [6.07, 6.45) is 8.28. The van der Waals surface area contributed by atoms with Crippen molar-refractivity contribution < 1.29 is 9.59 Å². The van der Waals surface area contributed by atoms with Crippen LogP contribution < -0.4 is 5.32 Å². The van der Waals surface area contributed by atoms with Crippen LogP contribution in [0.15, 0.2) is 48.9 Å². The fraction of sp³-hybridized carbons (Fsp3) is 0.375. The lowest BCUT2D eigenvalue weighted by Crippen LogP contribution is -2.31. The molecule has 1 saturated heterocycles. The van der Waals surface area contributed by atoms with Crippen LogP contribution in [0, 0.1) is 13.8 Å². The molecule has 3 aromatic rings. The molecule has 3 heterocycles. The van der Waals surface area contributed by atoms with E-state index in [9.17, 15) is 9.59 Å². The van der Waals surface area contributed by atoms with Gasteiger partial charge in [0, 0.05) is 43.8 Å². The lowest BCUT2D eigenvalue weighted by Gasteiger charge is -2.24. The van der Waals surface area contributed by atoms with Crippen molar-refractivity contribution in [2.75, 3.05) is 11.9 Å². The summed E-state index contributed by atoms with van der Waals surface area (Å²) in [5.74, 6) is 1.44. The van der Waals surface area contributed by atoms with E-state index in [0.717, 1.165) is 37.3 Å². The van der Waals surface area contributed by atoms with Gasteiger partial charge in [-0.3, -0.25) is 9.59 Å². The molecule has 2 aromatic heterocycles. The molecule has 8 nitrogen and oxygen atoms in total. The van der Waals surface area contributed by atoms with Crippen molar-refractivity contribution >= 4 is 17.5 Å². The summed E-state index contributed by atoms with van der Waals surface area (Å²) in [6, 6.07) is 9.15. The predicted octanol–water partition coefficient (Wildman–Crippen LogP) is 3.69. The Bertz CT molecular complexity index is 1090. The molecule has 0 saturated carbocycles. The highest BCUT2D eigenvalue weighted by atomic mass is 16.2. The summed E-state index contributed by atoms with van der Waals surface area (Å²) in [7, 11) is 0. The van der Waals surface area contributed by atoms with Crippen LogP contribution in [0.2, 0.25) is 0 Å². The predicted molar refractivity (Wildman–Crippen MR) is 121 cm³/mol. The number of aromatic nitrogens is 4. The van der Waals surface area contributed by atoms with Crippen LogP contribution in [0.25, 0.3) is 0 Å². The van der Waals surface area contributed by atoms with E-state index in [4.69, 9.17) is 0 Å². The van der Waals surface area contributed by atoms with Gasteiger partial charge in [0.1, 0.15) is 5.82 Å². The molecule has 1 N–H and O–H groups in total. The molecular weight excluding hydrogens is 404 g/mol. The van der Waals surface area contributed by atoms with E-state index in [1.165, 1.54) is 0 Å². The van der Waals surface area contributed by atoms with Gasteiger partial charge in [-0.15, -0.1) is 0 Å². The molecule has 32 heavy (non-hydrogen) atoms. The molecule has 1 aliphatic rings. The molecule has 1 aliphatic heterocycles. The first-order valence-corrected chi connectivity index (χ1v) is 11.0. The largest absolute Gasteiger partial charge is 0.335 e. The zero-order valence-corrected chi connectivity index (χ0v) is 18.5. The summed E-state index contributed by atoms with van der Waals surface area (Å²) in [6.45, 7) is 5.25. The van der Waals surface area contributed by atoms with Crippen LogP contribution in [0.3, 0.4) is 0 Å². The lowest BCUT2D eigenvalue weighted by molar-refractivity contribution is -0.132. The maximum absolute atomic E-state index is 12.9. The molecule has 0 bridgehead atoms. The number of anilines is 1. The van der Waals surface area contributed by atoms with Crippen molar-refractivity contribution in [3.8, 4) is 0 Å². The number of nitrogens with one attached hydrogen (secondary N) is 1. The van der Waals surface area contributed by atoms with Crippen molar-refractivity contribution in [1.82, 2.24) is 24.4 Å². The quantitative estimate of drug-likeness (QED) is 0.615. The summed E-state index contributed by atoms with van der Waals surface area (Å²) >= 11 is 0. The van der Waals surface area contributed by atoms with E-state index in [2.05, 4.69) is 24.8 Å². The van der Waals surface area contributed by atoms with E-state index < -0.39 is 0 Å². The Morgan fingerprint density at radius 1 is 1.16 bits per heavy atom. The number of hydrogen-bond acceptors (Lipinski definition) is 5. The Balaban J connectivity index is 1.39. The number of carbonyl (C=O) groups excluding carboxylic acids is 2. The fourth-order valence-corrected chi connectivity index (χ4v) is 4.11. The van der Waals surface area contributed by atoms with E-state index in [0.29, 0.717) is 30.0 Å². The molecule has 0 spiro atoms. The van der Waals surface area contributed by atoms with Crippen LogP contribution in [-0.4, -0.2) is 42.8 Å². The number of aryl methyl sites for hydroxylation is 3. The Hall–Kier alpha value is -3.55. The van der Waals surface area contributed by atoms with Crippen molar-refractivity contribution in [3.63, 3.8) is 0 Å². The lowest BCUT2D eigenvalue weighted by atomic mass is 10.1. The molecule has 2 amide bonds. The molecule has 4 rings (SSSR count). The second kappa shape index (κ2) is 9.72. The van der Waals surface area contributed by atoms with Crippen LogP contribution in [0.1, 0.15) is 59.4 Å². The van der Waals surface area contributed by atoms with Crippen molar-refractivity contribution in [1.29, 1.82) is 0 Å². The number of hydrogen-bond donors (Lipinski definition) is 1. The minimum atomic E-state index is -0.241. The Morgan fingerprint density at radius 3 is 2.69 bits per heavy atom. The van der Waals surface area contributed by atoms with Gasteiger partial charge in [0.25, 0.3) is 5.91 Å². The first-order valence-electron chi connectivity index (χ1n) is 11.0. The summed E-state index contributed by atoms with van der Waals surface area (Å²) in [4.78, 5) is 40.7. The first-order chi connectivity index (χ1) is 15.5. The average Bonchev–Trinajstić information content (AvgIpc) is 3.43. The third-order valence-electron chi connectivity index (χ3n) is 5.86. The smallest absolute Gasteiger partial charge is 0.259 e. The van der Waals surface area contributed by atoms with Gasteiger partial charge in [-0.25, -0.2) is 15.0 Å². The molecule has 166 valence electrons. The Labute approximate surface area is 187 Å². The number of para-hydroxylation sites is 1. The monoisotopic (exact) mass is 432 g/mol. The zero-order valence-electron chi connectivity index (χ0n) is 18.5. The normalized spacial score (nSPS) is 15.7. The van der Waals surface area contributed by atoms with E-state index in [-0.39, 0.29) is 17.9 Å². The van der Waals surface area contributed by atoms with Gasteiger partial charge in [-0.05, 0) is 45.2 Å². The number of nitrogens with zero attached hydrogens (tertiary/aromatic N) is 5. The highest BCUT2D eigenvalue weighted by molar-refractivity contribution is 6.04. The fourth-order valence-electron chi connectivity index (χ4n) is 4.11. The van der Waals surface area contributed by atoms with Crippen LogP contribution in [0.4, 0.5) is 5.69 Å². The van der Waals surface area contributed by atoms with Gasteiger partial charge in [0.05, 0.1) is 17.3 Å². The van der Waals surface area contributed by atoms with Crippen LogP contribution in [-0.2, 0) is 11.3 Å². The zero-order chi connectivity index (χ0) is 22.5. The highest BCUT2D eigenvalue weighted by Gasteiger charge is 2.32. The third-order valence-corrected chi connectivity index (χ3v) is 5.86. The standard InChI is InChI=1S/C24H28N6O2/c1-17-20(24(32)28-19-8-4-3-5-9-19)16-26-23(27-17)21-10-6-14-30(21)22(31)11-7-13-29-15-12-25-18(29)2/h3-5,8-9,12,15-16,21H,6-7,10-11,13-14H2,1-2H3,(H,28,32)/t21-/m0/s1. The molecule has 1 fully saturated rings. The van der Waals surface area contributed by atoms with Crippen molar-refractivity contribution in [2.45, 2.75) is 52.1 Å². The number of carbonyl (C=O) groups is 2. The van der Waals surface area contributed by atoms with Crippen LogP contribution >= 0.6 is 0 Å². The molecule has 0 radical (unpaired) electrons. The maximum Gasteiger partial charge on any atom is 0.259 e. The number of likely N-dealkylation sites (tertiary alicyclic amines) is 1. The number of benzene rings is 1. The van der Waals surface area contributed by atoms with Gasteiger partial charge >= 0.3 is 0 Å². The van der Waals surface area contributed by atoms with Crippen LogP contribution in [0.5, 0.6) is 0 Å². The second-order valence-electron chi connectivity index (χ2n) is 8.06. The average molecular weight is 433 g/mol. The maximum atomic E-state index is 12.9. The molecule has 1 atom stereocenters. The Morgan fingerprint density at radius 2 is 1.97 bits per heavy atom. The topological polar surface area (TPSA) is 93.0 Å². The summed E-state index contributed by atoms with van der Waals surface area (Å²) in [5.41, 5.74) is 1.77. The summed E-state index contributed by atoms with van der Waals surface area (Å²) in [5, 5.41) is 2.86. The minimum absolute atomic E-state index is 0.123. The minimum Gasteiger partial charge on any atom is -0.335 e. The molecule has 1 aromatic carbocycles. The molecule has 0 aliphatic carbocycles. The number of amides is 2. The second-order valence-corrected chi connectivity index (χ2v) is 8.06. The van der Waals surface area contributed by atoms with E-state index >= 15 is 0 Å². The van der Waals surface area contributed by atoms with Crippen molar-refractivity contribution in [3.05, 3.63) is 71.8 Å². The van der Waals surface area contributed by atoms with Gasteiger partial charge < -0.3 is 14.8 Å². The summed E-state index contributed by atoms with van der Waals surface area (Å²) < 4.78 is 2.06. The van der Waals surface area contributed by atoms with Gasteiger partial charge in [0.2, 0.25) is 5.91 Å². The number of rotatable bonds is 7. The highest BCUT2D eigenvalue weighted by Crippen LogP contribution is 2.31. The number of imidazole rings is 1. The van der Waals surface area contributed by atoms with E-state index in [1.54, 1.807) is 19.3 Å². The van der Waals surface area contributed by atoms with Crippen molar-refractivity contribution in [2.24, 2.45) is 0 Å². The molecular formula is C24H28N6O2. The van der Waals surface area contributed by atoms with Gasteiger partial charge in [0.15, 0.2) is 5.82 Å². The molecule has 8 heteroatoms. The third kappa shape index (κ3) is 4.85. The molecule has 0 unspecified atom stereocenters.